The lowest BCUT2D eigenvalue weighted by Crippen LogP contribution is -2.31. The van der Waals surface area contributed by atoms with Crippen LogP contribution in [-0.2, 0) is 38.2 Å². The molecule has 0 bridgehead atoms. The lowest BCUT2D eigenvalue weighted by Gasteiger charge is -2.27. The fourth-order valence-corrected chi connectivity index (χ4v) is 4.54. The van der Waals surface area contributed by atoms with Crippen LogP contribution in [0.15, 0.2) is 71.2 Å². The number of Topliss-reactive ketones (excluding diaryl/α,β-unsaturated/α-hetero) is 2. The van der Waals surface area contributed by atoms with Crippen LogP contribution < -0.4 is 20.9 Å². The molecule has 6 N–H and O–H groups in total. The van der Waals surface area contributed by atoms with E-state index in [2.05, 4.69) is 0 Å². The van der Waals surface area contributed by atoms with Crippen LogP contribution in [0.3, 0.4) is 0 Å². The number of ketones is 2. The third-order valence-electron chi connectivity index (χ3n) is 6.65. The minimum Gasteiger partial charge on any atom is -0.504 e. The van der Waals surface area contributed by atoms with Gasteiger partial charge < -0.3 is 40.6 Å². The average molecular weight is 611 g/mol. The maximum Gasteiger partial charge on any atom is 0.306 e. The second-order valence-corrected chi connectivity index (χ2v) is 9.50. The summed E-state index contributed by atoms with van der Waals surface area (Å²) in [5.74, 6) is -9.45. The van der Waals surface area contributed by atoms with E-state index in [9.17, 15) is 39.0 Å². The van der Waals surface area contributed by atoms with E-state index < -0.39 is 95.9 Å². The van der Waals surface area contributed by atoms with Gasteiger partial charge in [-0.15, -0.1) is 0 Å². The number of nitrogens with two attached hydrogens (primary N) is 2. The first-order chi connectivity index (χ1) is 20.9. The summed E-state index contributed by atoms with van der Waals surface area (Å²) in [7, 11) is 2.22. The average Bonchev–Trinajstić information content (AvgIpc) is 3.01. The zero-order valence-corrected chi connectivity index (χ0v) is 23.7. The molecule has 0 saturated heterocycles. The first kappa shape index (κ1) is 32.8. The number of hydrogen-bond donors (Lipinski definition) is 4. The van der Waals surface area contributed by atoms with Crippen molar-refractivity contribution < 1.29 is 57.9 Å². The van der Waals surface area contributed by atoms with Gasteiger partial charge in [-0.25, -0.2) is 0 Å². The number of esters is 2. The second-order valence-electron chi connectivity index (χ2n) is 9.50. The van der Waals surface area contributed by atoms with Crippen molar-refractivity contribution in [2.45, 2.75) is 24.7 Å². The topological polar surface area (TPSA) is 232 Å². The van der Waals surface area contributed by atoms with E-state index in [4.69, 9.17) is 30.4 Å². The van der Waals surface area contributed by atoms with E-state index in [0.29, 0.717) is 0 Å². The van der Waals surface area contributed by atoms with Crippen molar-refractivity contribution in [3.8, 4) is 11.5 Å². The number of aliphatic hydroxyl groups is 2. The van der Waals surface area contributed by atoms with E-state index in [1.807, 2.05) is 0 Å². The number of amides is 2. The summed E-state index contributed by atoms with van der Waals surface area (Å²) in [6.07, 6.45) is -1.01. The summed E-state index contributed by atoms with van der Waals surface area (Å²) < 4.78 is 19.9. The van der Waals surface area contributed by atoms with Crippen LogP contribution in [0.5, 0.6) is 11.5 Å². The third-order valence-corrected chi connectivity index (χ3v) is 6.65. The van der Waals surface area contributed by atoms with Gasteiger partial charge in [-0.3, -0.25) is 28.8 Å². The maximum absolute atomic E-state index is 13.6. The van der Waals surface area contributed by atoms with Crippen molar-refractivity contribution in [3.05, 3.63) is 82.3 Å². The number of carbonyl (C=O) groups is 6. The van der Waals surface area contributed by atoms with Crippen molar-refractivity contribution in [3.63, 3.8) is 0 Å². The van der Waals surface area contributed by atoms with Gasteiger partial charge in [-0.05, 0) is 35.4 Å². The van der Waals surface area contributed by atoms with Gasteiger partial charge in [0.25, 0.3) is 11.8 Å². The predicted molar refractivity (Wildman–Crippen MR) is 150 cm³/mol. The largest absolute Gasteiger partial charge is 0.504 e. The van der Waals surface area contributed by atoms with Crippen molar-refractivity contribution in [1.82, 2.24) is 0 Å². The van der Waals surface area contributed by atoms with Crippen molar-refractivity contribution in [2.75, 3.05) is 27.4 Å². The molecular formula is C30H30N2O12. The number of primary amides is 2. The molecule has 14 heteroatoms. The monoisotopic (exact) mass is 610 g/mol. The fourth-order valence-electron chi connectivity index (χ4n) is 4.54. The molecule has 0 spiro atoms. The van der Waals surface area contributed by atoms with Gasteiger partial charge in [0.05, 0.1) is 38.2 Å². The van der Waals surface area contributed by atoms with Crippen molar-refractivity contribution >= 4 is 35.3 Å². The van der Waals surface area contributed by atoms with Crippen LogP contribution in [0.25, 0.3) is 0 Å². The van der Waals surface area contributed by atoms with Gasteiger partial charge in [0.1, 0.15) is 11.5 Å². The van der Waals surface area contributed by atoms with Gasteiger partial charge in [0.15, 0.2) is 24.7 Å². The van der Waals surface area contributed by atoms with Crippen LogP contribution in [-0.4, -0.2) is 73.0 Å². The molecule has 0 saturated carbocycles. The number of methoxy groups -OCH3 is 2. The van der Waals surface area contributed by atoms with Crippen molar-refractivity contribution in [1.29, 1.82) is 0 Å². The summed E-state index contributed by atoms with van der Waals surface area (Å²) in [5, 5.41) is 22.2. The third kappa shape index (κ3) is 7.79. The summed E-state index contributed by atoms with van der Waals surface area (Å²) in [4.78, 5) is 73.9. The zero-order chi connectivity index (χ0) is 32.6. The number of rotatable bonds is 14. The highest BCUT2D eigenvalue weighted by atomic mass is 16.5. The Hall–Kier alpha value is -5.66. The first-order valence-electron chi connectivity index (χ1n) is 13.0. The van der Waals surface area contributed by atoms with Gasteiger partial charge >= 0.3 is 11.9 Å². The molecule has 1 aliphatic rings. The molecule has 0 aliphatic heterocycles. The summed E-state index contributed by atoms with van der Waals surface area (Å²) in [6.45, 7) is -0.803. The number of aliphatic hydroxyl groups excluding tert-OH is 2. The summed E-state index contributed by atoms with van der Waals surface area (Å²) >= 11 is 0. The second kappa shape index (κ2) is 14.5. The molecule has 232 valence electrons. The molecule has 0 radical (unpaired) electrons. The SMILES string of the molecule is COC(=O)C[C@H](C1=C(O)C(=O)C([C@H](CC(=O)OC)c2ccc(OCC(N)=O)cc2)=C(O)C1=O)c1ccc(OCC(N)=O)cc1. The number of benzene rings is 2. The number of ether oxygens (including phenoxy) is 4. The molecular weight excluding hydrogens is 580 g/mol. The molecule has 2 atom stereocenters. The van der Waals surface area contributed by atoms with E-state index in [1.54, 1.807) is 0 Å². The lowest BCUT2D eigenvalue weighted by molar-refractivity contribution is -0.142. The predicted octanol–water partition coefficient (Wildman–Crippen LogP) is 1.18. The van der Waals surface area contributed by atoms with Crippen LogP contribution in [0.2, 0.25) is 0 Å². The molecule has 0 aromatic heterocycles. The Balaban J connectivity index is 2.05. The normalized spacial score (nSPS) is 14.5. The molecule has 14 nitrogen and oxygen atoms in total. The van der Waals surface area contributed by atoms with Crippen LogP contribution in [0.4, 0.5) is 0 Å². The molecule has 44 heavy (non-hydrogen) atoms. The molecule has 3 rings (SSSR count). The zero-order valence-electron chi connectivity index (χ0n) is 23.7. The van der Waals surface area contributed by atoms with Gasteiger partial charge in [0, 0.05) is 11.8 Å². The Kier molecular flexibility index (Phi) is 10.8. The van der Waals surface area contributed by atoms with Gasteiger partial charge in [-0.2, -0.15) is 0 Å². The molecule has 2 aromatic rings. The minimum absolute atomic E-state index is 0.232. The number of allylic oxidation sites excluding steroid dienone is 2. The van der Waals surface area contributed by atoms with E-state index >= 15 is 0 Å². The quantitative estimate of drug-likeness (QED) is 0.174. The summed E-state index contributed by atoms with van der Waals surface area (Å²) in [5.41, 5.74) is 9.55. The van der Waals surface area contributed by atoms with E-state index in [1.165, 1.54) is 48.5 Å². The standard InChI is InChI=1S/C30H30N2O12/c1-41-23(35)11-19(15-3-7-17(8-4-15)43-13-21(31)33)25-27(37)29(39)26(30(40)28(25)38)20(12-24(36)42-2)16-5-9-18(10-6-16)44-14-22(32)34/h3-10,19-20,37,40H,11-14H2,1-2H3,(H2,31,33)(H2,32,34)/t19-,20+. The highest BCUT2D eigenvalue weighted by molar-refractivity contribution is 6.24. The molecule has 0 unspecified atom stereocenters. The molecule has 1 aliphatic carbocycles. The molecule has 2 aromatic carbocycles. The molecule has 2 amide bonds. The van der Waals surface area contributed by atoms with Gasteiger partial charge in [-0.1, -0.05) is 24.3 Å². The summed E-state index contributed by atoms with van der Waals surface area (Å²) in [6, 6.07) is 11.4. The minimum atomic E-state index is -1.26. The molecule has 0 fully saturated rings. The Morgan fingerprint density at radius 1 is 0.636 bits per heavy atom. The Morgan fingerprint density at radius 2 is 0.955 bits per heavy atom. The smallest absolute Gasteiger partial charge is 0.306 e. The Bertz CT molecular complexity index is 1410. The van der Waals surface area contributed by atoms with Crippen LogP contribution in [0, 0.1) is 0 Å². The van der Waals surface area contributed by atoms with E-state index in [0.717, 1.165) is 14.2 Å². The highest BCUT2D eigenvalue weighted by Gasteiger charge is 2.43. The number of hydrogen-bond acceptors (Lipinski definition) is 12. The fraction of sp³-hybridized carbons (Fsp3) is 0.267. The highest BCUT2D eigenvalue weighted by Crippen LogP contribution is 2.41. The Morgan fingerprint density at radius 3 is 1.23 bits per heavy atom. The van der Waals surface area contributed by atoms with Gasteiger partial charge in [0.2, 0.25) is 11.6 Å². The maximum atomic E-state index is 13.6. The Labute approximate surface area is 250 Å². The molecule has 0 heterocycles. The van der Waals surface area contributed by atoms with Crippen LogP contribution in [0.1, 0.15) is 35.8 Å². The van der Waals surface area contributed by atoms with Crippen LogP contribution >= 0.6 is 0 Å². The van der Waals surface area contributed by atoms with E-state index in [-0.39, 0.29) is 22.6 Å². The van der Waals surface area contributed by atoms with Crippen molar-refractivity contribution in [2.24, 2.45) is 11.5 Å². The number of carbonyl (C=O) groups excluding carboxylic acids is 6. The first-order valence-corrected chi connectivity index (χ1v) is 13.0. The lowest BCUT2D eigenvalue weighted by atomic mass is 9.76.